The van der Waals surface area contributed by atoms with Gasteiger partial charge in [-0.15, -0.1) is 11.3 Å². The van der Waals surface area contributed by atoms with Crippen LogP contribution in [0, 0.1) is 0 Å². The van der Waals surface area contributed by atoms with Gasteiger partial charge in [0.05, 0.1) is 6.26 Å². The zero-order valence-corrected chi connectivity index (χ0v) is 13.6. The number of benzene rings is 1. The minimum Gasteiger partial charge on any atom is -0.462 e. The molecule has 5 heteroatoms. The van der Waals surface area contributed by atoms with Gasteiger partial charge >= 0.3 is 0 Å². The number of halogens is 1. The summed E-state index contributed by atoms with van der Waals surface area (Å²) in [5.74, 6) is 1.48. The van der Waals surface area contributed by atoms with Crippen LogP contribution in [0.2, 0.25) is 5.02 Å². The summed E-state index contributed by atoms with van der Waals surface area (Å²) < 4.78 is 11.5. The van der Waals surface area contributed by atoms with Gasteiger partial charge in [-0.05, 0) is 47.9 Å². The maximum absolute atomic E-state index is 11.2. The standard InChI is InChI=1S/C18H13ClO3S/c19-12-4-6-15-14(11-12)18(20)8-2-9-21-17(18)16(22-15)7-5-13-3-1-10-23-13/h1-7,9-11,20H,8H2/b7-5+. The lowest BCUT2D eigenvalue weighted by Gasteiger charge is -2.37. The van der Waals surface area contributed by atoms with Crippen LogP contribution in [0.15, 0.2) is 65.6 Å². The molecule has 1 atom stereocenters. The van der Waals surface area contributed by atoms with Crippen molar-refractivity contribution in [2.45, 2.75) is 12.0 Å². The van der Waals surface area contributed by atoms with Gasteiger partial charge in [0.15, 0.2) is 17.1 Å². The monoisotopic (exact) mass is 344 g/mol. The Balaban J connectivity index is 1.83. The Hall–Kier alpha value is -2.01. The molecule has 1 unspecified atom stereocenters. The van der Waals surface area contributed by atoms with Crippen molar-refractivity contribution >= 4 is 29.0 Å². The van der Waals surface area contributed by atoms with Crippen molar-refractivity contribution in [1.82, 2.24) is 0 Å². The molecule has 0 radical (unpaired) electrons. The van der Waals surface area contributed by atoms with Gasteiger partial charge < -0.3 is 14.6 Å². The number of allylic oxidation sites excluding steroid dienone is 1. The van der Waals surface area contributed by atoms with Gasteiger partial charge in [-0.3, -0.25) is 0 Å². The molecule has 0 spiro atoms. The molecule has 1 aromatic carbocycles. The second-order valence-corrected chi connectivity index (χ2v) is 6.75. The van der Waals surface area contributed by atoms with Crippen molar-refractivity contribution in [3.05, 3.63) is 81.1 Å². The van der Waals surface area contributed by atoms with E-state index in [1.54, 1.807) is 41.9 Å². The highest BCUT2D eigenvalue weighted by Gasteiger charge is 2.44. The van der Waals surface area contributed by atoms with E-state index in [0.29, 0.717) is 34.3 Å². The van der Waals surface area contributed by atoms with E-state index >= 15 is 0 Å². The summed E-state index contributed by atoms with van der Waals surface area (Å²) in [6, 6.07) is 9.23. The van der Waals surface area contributed by atoms with Gasteiger partial charge in [0, 0.05) is 21.9 Å². The van der Waals surface area contributed by atoms with Crippen molar-refractivity contribution < 1.29 is 14.6 Å². The van der Waals surface area contributed by atoms with Crippen LogP contribution in [0.3, 0.4) is 0 Å². The summed E-state index contributed by atoms with van der Waals surface area (Å²) >= 11 is 7.71. The van der Waals surface area contributed by atoms with Gasteiger partial charge in [0.25, 0.3) is 0 Å². The van der Waals surface area contributed by atoms with E-state index in [-0.39, 0.29) is 0 Å². The molecule has 2 aromatic rings. The average molecular weight is 345 g/mol. The summed E-state index contributed by atoms with van der Waals surface area (Å²) in [5, 5.41) is 13.7. The van der Waals surface area contributed by atoms with Crippen molar-refractivity contribution in [2.75, 3.05) is 0 Å². The number of rotatable bonds is 2. The molecule has 23 heavy (non-hydrogen) atoms. The van der Waals surface area contributed by atoms with Gasteiger partial charge in [0.2, 0.25) is 0 Å². The van der Waals surface area contributed by atoms with Crippen LogP contribution in [0.5, 0.6) is 5.75 Å². The Bertz CT molecular complexity index is 836. The molecule has 116 valence electrons. The molecule has 0 bridgehead atoms. The van der Waals surface area contributed by atoms with E-state index < -0.39 is 5.60 Å². The number of ether oxygens (including phenoxy) is 2. The predicted molar refractivity (Wildman–Crippen MR) is 91.2 cm³/mol. The third-order valence-corrected chi connectivity index (χ3v) is 4.92. The molecule has 3 heterocycles. The summed E-state index contributed by atoms with van der Waals surface area (Å²) in [6.07, 6.45) is 7.54. The summed E-state index contributed by atoms with van der Waals surface area (Å²) in [6.45, 7) is 0. The lowest BCUT2D eigenvalue weighted by Crippen LogP contribution is -2.35. The highest BCUT2D eigenvalue weighted by Crippen LogP contribution is 2.47. The SMILES string of the molecule is OC12CC=COC1=C(/C=C/c1cccs1)Oc1ccc(Cl)cc12. The van der Waals surface area contributed by atoms with Gasteiger partial charge in [-0.25, -0.2) is 0 Å². The summed E-state index contributed by atoms with van der Waals surface area (Å²) in [5.41, 5.74) is -0.639. The molecule has 0 saturated heterocycles. The Morgan fingerprint density at radius 2 is 2.17 bits per heavy atom. The van der Waals surface area contributed by atoms with Crippen LogP contribution in [0.1, 0.15) is 16.9 Å². The number of hydrogen-bond donors (Lipinski definition) is 1. The lowest BCUT2D eigenvalue weighted by molar-refractivity contribution is 0.00482. The molecular formula is C18H13ClO3S. The fourth-order valence-corrected chi connectivity index (χ4v) is 3.54. The highest BCUT2D eigenvalue weighted by atomic mass is 35.5. The van der Waals surface area contributed by atoms with Gasteiger partial charge in [-0.2, -0.15) is 0 Å². The Kier molecular flexibility index (Phi) is 3.53. The smallest absolute Gasteiger partial charge is 0.182 e. The fourth-order valence-electron chi connectivity index (χ4n) is 2.75. The third-order valence-electron chi connectivity index (χ3n) is 3.84. The number of aliphatic hydroxyl groups is 1. The van der Waals surface area contributed by atoms with Crippen LogP contribution in [0.4, 0.5) is 0 Å². The molecule has 3 nitrogen and oxygen atoms in total. The molecule has 4 rings (SSSR count). The molecule has 1 N–H and O–H groups in total. The van der Waals surface area contributed by atoms with E-state index in [4.69, 9.17) is 21.1 Å². The zero-order chi connectivity index (χ0) is 15.9. The molecule has 0 fully saturated rings. The van der Waals surface area contributed by atoms with E-state index in [1.165, 1.54) is 0 Å². The Morgan fingerprint density at radius 1 is 1.26 bits per heavy atom. The third kappa shape index (κ3) is 2.49. The van der Waals surface area contributed by atoms with Crippen LogP contribution in [-0.4, -0.2) is 5.11 Å². The summed E-state index contributed by atoms with van der Waals surface area (Å²) in [4.78, 5) is 1.10. The van der Waals surface area contributed by atoms with E-state index in [9.17, 15) is 5.11 Å². The summed E-state index contributed by atoms with van der Waals surface area (Å²) in [7, 11) is 0. The highest BCUT2D eigenvalue weighted by molar-refractivity contribution is 7.10. The Morgan fingerprint density at radius 3 is 3.00 bits per heavy atom. The topological polar surface area (TPSA) is 38.7 Å². The Labute approximate surface area is 142 Å². The lowest BCUT2D eigenvalue weighted by atomic mass is 9.84. The number of thiophene rings is 1. The molecule has 1 aromatic heterocycles. The first-order valence-electron chi connectivity index (χ1n) is 7.15. The molecule has 0 aliphatic carbocycles. The quantitative estimate of drug-likeness (QED) is 0.847. The van der Waals surface area contributed by atoms with E-state index in [2.05, 4.69) is 0 Å². The first-order chi connectivity index (χ1) is 11.2. The molecule has 2 aliphatic heterocycles. The number of hydrogen-bond acceptors (Lipinski definition) is 4. The fraction of sp³-hybridized carbons (Fsp3) is 0.111. The van der Waals surface area contributed by atoms with Crippen molar-refractivity contribution in [1.29, 1.82) is 0 Å². The zero-order valence-electron chi connectivity index (χ0n) is 12.0. The number of fused-ring (bicyclic) bond motifs is 3. The first kappa shape index (κ1) is 14.6. The second kappa shape index (κ2) is 5.57. The molecule has 0 amide bonds. The molecular weight excluding hydrogens is 332 g/mol. The van der Waals surface area contributed by atoms with Gasteiger partial charge in [-0.1, -0.05) is 17.7 Å². The van der Waals surface area contributed by atoms with Crippen molar-refractivity contribution in [3.8, 4) is 5.75 Å². The molecule has 0 saturated carbocycles. The predicted octanol–water partition coefficient (Wildman–Crippen LogP) is 4.84. The minimum absolute atomic E-state index is 0.391. The average Bonchev–Trinajstić information content (AvgIpc) is 3.06. The maximum atomic E-state index is 11.2. The second-order valence-electron chi connectivity index (χ2n) is 5.34. The minimum atomic E-state index is -1.26. The maximum Gasteiger partial charge on any atom is 0.182 e. The van der Waals surface area contributed by atoms with E-state index in [0.717, 1.165) is 4.88 Å². The largest absolute Gasteiger partial charge is 0.462 e. The van der Waals surface area contributed by atoms with Crippen LogP contribution < -0.4 is 4.74 Å². The normalized spacial score (nSPS) is 22.5. The first-order valence-corrected chi connectivity index (χ1v) is 8.41. The van der Waals surface area contributed by atoms with E-state index in [1.807, 2.05) is 29.7 Å². The van der Waals surface area contributed by atoms with Crippen molar-refractivity contribution in [3.63, 3.8) is 0 Å². The van der Waals surface area contributed by atoms with Crippen LogP contribution >= 0.6 is 22.9 Å². The molecule has 2 aliphatic rings. The van der Waals surface area contributed by atoms with Crippen molar-refractivity contribution in [2.24, 2.45) is 0 Å². The van der Waals surface area contributed by atoms with Crippen LogP contribution in [0.25, 0.3) is 6.08 Å². The van der Waals surface area contributed by atoms with Gasteiger partial charge in [0.1, 0.15) is 5.75 Å². The van der Waals surface area contributed by atoms with Crippen LogP contribution in [-0.2, 0) is 10.3 Å².